The number of carbonyl (C=O) groups is 1. The van der Waals surface area contributed by atoms with Crippen molar-refractivity contribution in [2.45, 2.75) is 84.0 Å². The summed E-state index contributed by atoms with van der Waals surface area (Å²) >= 11 is 0. The van der Waals surface area contributed by atoms with Gasteiger partial charge in [-0.05, 0) is 73.3 Å². The van der Waals surface area contributed by atoms with Crippen molar-refractivity contribution in [3.05, 3.63) is 59.4 Å². The lowest BCUT2D eigenvalue weighted by atomic mass is 9.77. The van der Waals surface area contributed by atoms with E-state index in [0.717, 1.165) is 29.9 Å². The molecule has 168 valence electrons. The summed E-state index contributed by atoms with van der Waals surface area (Å²) in [6, 6.07) is 12.8. The van der Waals surface area contributed by atoms with Crippen molar-refractivity contribution >= 4 is 5.97 Å². The van der Waals surface area contributed by atoms with Gasteiger partial charge in [0.2, 0.25) is 0 Å². The van der Waals surface area contributed by atoms with Crippen LogP contribution in [0.1, 0.15) is 99.9 Å². The molecule has 1 saturated carbocycles. The quantitative estimate of drug-likeness (QED) is 0.283. The molecule has 0 aromatic heterocycles. The largest absolute Gasteiger partial charge is 0.462 e. The Kier molecular flexibility index (Phi) is 9.12. The first-order valence-corrected chi connectivity index (χ1v) is 12.2. The molecule has 0 N–H and O–H groups in total. The number of hydrogen-bond donors (Lipinski definition) is 0. The van der Waals surface area contributed by atoms with Crippen LogP contribution in [0.25, 0.3) is 11.1 Å². The van der Waals surface area contributed by atoms with Crippen molar-refractivity contribution in [1.29, 1.82) is 0 Å². The summed E-state index contributed by atoms with van der Waals surface area (Å²) in [5.41, 5.74) is 3.01. The molecule has 0 saturated heterocycles. The van der Waals surface area contributed by atoms with Crippen molar-refractivity contribution in [3.8, 4) is 11.1 Å². The van der Waals surface area contributed by atoms with Gasteiger partial charge in [-0.2, -0.15) is 0 Å². The number of hydrogen-bond acceptors (Lipinski definition) is 2. The maximum atomic E-state index is 14.9. The lowest BCUT2D eigenvalue weighted by Crippen LogP contribution is -2.13. The Labute approximate surface area is 187 Å². The fourth-order valence-electron chi connectivity index (χ4n) is 4.67. The molecule has 0 radical (unpaired) electrons. The number of benzene rings is 2. The molecular formula is C28H37FO2. The van der Waals surface area contributed by atoms with Crippen molar-refractivity contribution in [3.63, 3.8) is 0 Å². The monoisotopic (exact) mass is 424 g/mol. The third-order valence-electron chi connectivity index (χ3n) is 6.69. The van der Waals surface area contributed by atoms with Gasteiger partial charge in [-0.3, -0.25) is 0 Å². The van der Waals surface area contributed by atoms with Gasteiger partial charge in [0.25, 0.3) is 0 Å². The van der Waals surface area contributed by atoms with Crippen molar-refractivity contribution < 1.29 is 13.9 Å². The van der Waals surface area contributed by atoms with Crippen LogP contribution in [-0.2, 0) is 4.74 Å². The minimum atomic E-state index is -0.318. The van der Waals surface area contributed by atoms with Crippen LogP contribution >= 0.6 is 0 Å². The molecule has 31 heavy (non-hydrogen) atoms. The summed E-state index contributed by atoms with van der Waals surface area (Å²) in [5, 5.41) is 0. The summed E-state index contributed by atoms with van der Waals surface area (Å²) in [6.45, 7) is 4.75. The SMILES string of the molecule is CCCCCC1CCC(c2ccc(-c3ccc(C(=O)OCCCC)cc3)c(F)c2)CC1. The summed E-state index contributed by atoms with van der Waals surface area (Å²) in [6.07, 6.45) is 12.1. The zero-order valence-corrected chi connectivity index (χ0v) is 19.2. The van der Waals surface area contributed by atoms with E-state index >= 15 is 0 Å². The molecular weight excluding hydrogens is 387 g/mol. The molecule has 2 aromatic rings. The second kappa shape index (κ2) is 12.0. The molecule has 0 aliphatic heterocycles. The Morgan fingerprint density at radius 3 is 2.29 bits per heavy atom. The highest BCUT2D eigenvalue weighted by molar-refractivity contribution is 5.90. The molecule has 0 atom stereocenters. The number of ether oxygens (including phenoxy) is 1. The molecule has 0 unspecified atom stereocenters. The summed E-state index contributed by atoms with van der Waals surface area (Å²) in [4.78, 5) is 12.1. The molecule has 0 spiro atoms. The van der Waals surface area contributed by atoms with E-state index in [-0.39, 0.29) is 11.8 Å². The van der Waals surface area contributed by atoms with Gasteiger partial charge in [-0.1, -0.05) is 70.2 Å². The molecule has 1 aliphatic rings. The highest BCUT2D eigenvalue weighted by Gasteiger charge is 2.23. The van der Waals surface area contributed by atoms with Crippen molar-refractivity contribution in [1.82, 2.24) is 0 Å². The van der Waals surface area contributed by atoms with E-state index in [2.05, 4.69) is 19.9 Å². The third kappa shape index (κ3) is 6.66. The summed E-state index contributed by atoms with van der Waals surface area (Å²) in [7, 11) is 0. The standard InChI is InChI=1S/C28H37FO2/c1-3-5-7-8-21-9-11-22(12-10-21)25-17-18-26(27(29)20-25)23-13-15-24(16-14-23)28(30)31-19-6-4-2/h13-18,20-22H,3-12,19H2,1-2H3. The molecule has 0 amide bonds. The van der Waals surface area contributed by atoms with Crippen LogP contribution in [0.2, 0.25) is 0 Å². The average Bonchev–Trinajstić information content (AvgIpc) is 2.80. The van der Waals surface area contributed by atoms with Gasteiger partial charge in [0.1, 0.15) is 5.82 Å². The number of rotatable bonds is 10. The second-order valence-corrected chi connectivity index (χ2v) is 9.02. The fraction of sp³-hybridized carbons (Fsp3) is 0.536. The van der Waals surface area contributed by atoms with E-state index in [1.165, 1.54) is 51.4 Å². The zero-order chi connectivity index (χ0) is 22.1. The van der Waals surface area contributed by atoms with Crippen LogP contribution in [0.4, 0.5) is 4.39 Å². The van der Waals surface area contributed by atoms with Crippen LogP contribution in [0, 0.1) is 11.7 Å². The predicted octanol–water partition coefficient (Wildman–Crippen LogP) is 8.30. The minimum Gasteiger partial charge on any atom is -0.462 e. The van der Waals surface area contributed by atoms with Gasteiger partial charge in [0, 0.05) is 5.56 Å². The minimum absolute atomic E-state index is 0.180. The highest BCUT2D eigenvalue weighted by atomic mass is 19.1. The molecule has 2 nitrogen and oxygen atoms in total. The molecule has 3 rings (SSSR count). The van der Waals surface area contributed by atoms with Crippen LogP contribution in [0.5, 0.6) is 0 Å². The maximum absolute atomic E-state index is 14.9. The topological polar surface area (TPSA) is 26.3 Å². The zero-order valence-electron chi connectivity index (χ0n) is 19.2. The summed E-state index contributed by atoms with van der Waals surface area (Å²) < 4.78 is 20.2. The van der Waals surface area contributed by atoms with Gasteiger partial charge in [-0.15, -0.1) is 0 Å². The van der Waals surface area contributed by atoms with Gasteiger partial charge >= 0.3 is 5.97 Å². The average molecular weight is 425 g/mol. The Morgan fingerprint density at radius 2 is 1.65 bits per heavy atom. The summed E-state index contributed by atoms with van der Waals surface area (Å²) in [5.74, 6) is 0.840. The van der Waals surface area contributed by atoms with E-state index in [1.807, 2.05) is 6.07 Å². The molecule has 3 heteroatoms. The van der Waals surface area contributed by atoms with Crippen molar-refractivity contribution in [2.24, 2.45) is 5.92 Å². The van der Waals surface area contributed by atoms with E-state index < -0.39 is 0 Å². The number of unbranched alkanes of at least 4 members (excludes halogenated alkanes) is 3. The van der Waals surface area contributed by atoms with E-state index in [1.54, 1.807) is 30.3 Å². The van der Waals surface area contributed by atoms with Crippen LogP contribution < -0.4 is 0 Å². The van der Waals surface area contributed by atoms with Gasteiger partial charge in [-0.25, -0.2) is 9.18 Å². The lowest BCUT2D eigenvalue weighted by Gasteiger charge is -2.29. The Balaban J connectivity index is 1.59. The molecule has 1 aliphatic carbocycles. The number of halogens is 1. The first-order valence-electron chi connectivity index (χ1n) is 12.2. The maximum Gasteiger partial charge on any atom is 0.338 e. The Bertz CT molecular complexity index is 819. The first-order chi connectivity index (χ1) is 15.1. The Morgan fingerprint density at radius 1 is 0.935 bits per heavy atom. The van der Waals surface area contributed by atoms with E-state index in [4.69, 9.17) is 4.74 Å². The second-order valence-electron chi connectivity index (χ2n) is 9.02. The van der Waals surface area contributed by atoms with E-state index in [0.29, 0.717) is 23.7 Å². The Hall–Kier alpha value is -2.16. The molecule has 0 bridgehead atoms. The van der Waals surface area contributed by atoms with Gasteiger partial charge < -0.3 is 4.74 Å². The molecule has 1 fully saturated rings. The highest BCUT2D eigenvalue weighted by Crippen LogP contribution is 2.38. The number of carbonyl (C=O) groups excluding carboxylic acids is 1. The smallest absolute Gasteiger partial charge is 0.338 e. The lowest BCUT2D eigenvalue weighted by molar-refractivity contribution is 0.0500. The van der Waals surface area contributed by atoms with Gasteiger partial charge in [0.15, 0.2) is 0 Å². The molecule has 0 heterocycles. The van der Waals surface area contributed by atoms with Crippen LogP contribution in [-0.4, -0.2) is 12.6 Å². The van der Waals surface area contributed by atoms with Crippen LogP contribution in [0.15, 0.2) is 42.5 Å². The van der Waals surface area contributed by atoms with Crippen molar-refractivity contribution in [2.75, 3.05) is 6.61 Å². The molecule has 2 aromatic carbocycles. The van der Waals surface area contributed by atoms with Gasteiger partial charge in [0.05, 0.1) is 12.2 Å². The fourth-order valence-corrected chi connectivity index (χ4v) is 4.67. The van der Waals surface area contributed by atoms with E-state index in [9.17, 15) is 9.18 Å². The first kappa shape index (κ1) is 23.5. The van der Waals surface area contributed by atoms with Crippen LogP contribution in [0.3, 0.4) is 0 Å². The normalized spacial score (nSPS) is 18.7. The number of esters is 1. The third-order valence-corrected chi connectivity index (χ3v) is 6.69. The predicted molar refractivity (Wildman–Crippen MR) is 126 cm³/mol.